The summed E-state index contributed by atoms with van der Waals surface area (Å²) in [5, 5.41) is 0. The van der Waals surface area contributed by atoms with Gasteiger partial charge in [-0.3, -0.25) is 4.98 Å². The molecule has 0 atom stereocenters. The van der Waals surface area contributed by atoms with Crippen molar-refractivity contribution in [2.24, 2.45) is 0 Å². The SMILES string of the molecule is CN(C)CCSCc1ccc(Br)cn1. The number of hydrogen-bond acceptors (Lipinski definition) is 3. The number of thioether (sulfide) groups is 1. The van der Waals surface area contributed by atoms with Gasteiger partial charge in [0.2, 0.25) is 0 Å². The lowest BCUT2D eigenvalue weighted by molar-refractivity contribution is 0.437. The third-order valence-corrected chi connectivity index (χ3v) is 3.16. The lowest BCUT2D eigenvalue weighted by Gasteiger charge is -2.08. The van der Waals surface area contributed by atoms with Crippen LogP contribution in [0.1, 0.15) is 5.69 Å². The minimum absolute atomic E-state index is 1.00. The van der Waals surface area contributed by atoms with Gasteiger partial charge in [0.05, 0.1) is 5.69 Å². The largest absolute Gasteiger partial charge is 0.309 e. The summed E-state index contributed by atoms with van der Waals surface area (Å²) in [5.41, 5.74) is 1.15. The summed E-state index contributed by atoms with van der Waals surface area (Å²) >= 11 is 5.29. The molecule has 1 heterocycles. The molecule has 0 unspecified atom stereocenters. The lowest BCUT2D eigenvalue weighted by Crippen LogP contribution is -2.14. The topological polar surface area (TPSA) is 16.1 Å². The smallest absolute Gasteiger partial charge is 0.0503 e. The van der Waals surface area contributed by atoms with E-state index in [1.54, 1.807) is 0 Å². The predicted molar refractivity (Wildman–Crippen MR) is 66.7 cm³/mol. The first-order valence-corrected chi connectivity index (χ1v) is 6.46. The van der Waals surface area contributed by atoms with Crippen LogP contribution in [-0.4, -0.2) is 36.3 Å². The van der Waals surface area contributed by atoms with Crippen LogP contribution in [-0.2, 0) is 5.75 Å². The quantitative estimate of drug-likeness (QED) is 0.768. The van der Waals surface area contributed by atoms with Gasteiger partial charge in [0, 0.05) is 28.7 Å². The number of rotatable bonds is 5. The van der Waals surface area contributed by atoms with Crippen molar-refractivity contribution >= 4 is 27.7 Å². The molecule has 0 aliphatic rings. The van der Waals surface area contributed by atoms with E-state index < -0.39 is 0 Å². The van der Waals surface area contributed by atoms with Crippen molar-refractivity contribution in [3.05, 3.63) is 28.5 Å². The highest BCUT2D eigenvalue weighted by Gasteiger charge is 1.96. The van der Waals surface area contributed by atoms with E-state index in [4.69, 9.17) is 0 Å². The van der Waals surface area contributed by atoms with Crippen molar-refractivity contribution in [3.63, 3.8) is 0 Å². The third kappa shape index (κ3) is 4.98. The number of hydrogen-bond donors (Lipinski definition) is 0. The van der Waals surface area contributed by atoms with Gasteiger partial charge in [-0.05, 0) is 42.2 Å². The van der Waals surface area contributed by atoms with Gasteiger partial charge in [-0.1, -0.05) is 0 Å². The average Bonchev–Trinajstić information content (AvgIpc) is 2.15. The molecule has 78 valence electrons. The van der Waals surface area contributed by atoms with Gasteiger partial charge in [-0.2, -0.15) is 11.8 Å². The summed E-state index contributed by atoms with van der Waals surface area (Å²) in [6.07, 6.45) is 1.85. The van der Waals surface area contributed by atoms with Crippen molar-refractivity contribution < 1.29 is 0 Å². The van der Waals surface area contributed by atoms with Crippen LogP contribution < -0.4 is 0 Å². The minimum atomic E-state index is 1.00. The Kier molecular flexibility index (Phi) is 5.52. The Morgan fingerprint density at radius 2 is 2.21 bits per heavy atom. The van der Waals surface area contributed by atoms with Crippen LogP contribution in [0.4, 0.5) is 0 Å². The van der Waals surface area contributed by atoms with Crippen LogP contribution >= 0.6 is 27.7 Å². The molecular weight excluding hydrogens is 260 g/mol. The first-order chi connectivity index (χ1) is 6.68. The summed E-state index contributed by atoms with van der Waals surface area (Å²) < 4.78 is 1.04. The molecule has 1 aromatic rings. The molecule has 0 fully saturated rings. The van der Waals surface area contributed by atoms with Crippen molar-refractivity contribution in [1.82, 2.24) is 9.88 Å². The van der Waals surface area contributed by atoms with Gasteiger partial charge in [0.25, 0.3) is 0 Å². The first-order valence-electron chi connectivity index (χ1n) is 4.51. The Morgan fingerprint density at radius 1 is 1.43 bits per heavy atom. The summed E-state index contributed by atoms with van der Waals surface area (Å²) in [5.74, 6) is 2.16. The van der Waals surface area contributed by atoms with Gasteiger partial charge < -0.3 is 4.90 Å². The maximum absolute atomic E-state index is 4.31. The Labute approximate surface area is 98.2 Å². The Morgan fingerprint density at radius 3 is 2.79 bits per heavy atom. The molecule has 0 saturated carbocycles. The Hall–Kier alpha value is -0.0600. The van der Waals surface area contributed by atoms with E-state index in [9.17, 15) is 0 Å². The number of nitrogens with zero attached hydrogens (tertiary/aromatic N) is 2. The highest BCUT2D eigenvalue weighted by molar-refractivity contribution is 9.10. The Bertz CT molecular complexity index is 261. The molecule has 2 nitrogen and oxygen atoms in total. The molecule has 0 aliphatic heterocycles. The number of pyridine rings is 1. The monoisotopic (exact) mass is 274 g/mol. The van der Waals surface area contributed by atoms with Crippen molar-refractivity contribution in [2.75, 3.05) is 26.4 Å². The first kappa shape index (κ1) is 12.0. The van der Waals surface area contributed by atoms with Crippen LogP contribution in [0.15, 0.2) is 22.8 Å². The van der Waals surface area contributed by atoms with E-state index >= 15 is 0 Å². The standard InChI is InChI=1S/C10H15BrN2S/c1-13(2)5-6-14-8-10-4-3-9(11)7-12-10/h3-4,7H,5-6,8H2,1-2H3. The molecule has 0 aliphatic carbocycles. The fraction of sp³-hybridized carbons (Fsp3) is 0.500. The summed E-state index contributed by atoms with van der Waals surface area (Å²) in [7, 11) is 4.19. The molecule has 1 aromatic heterocycles. The molecule has 14 heavy (non-hydrogen) atoms. The maximum Gasteiger partial charge on any atom is 0.0503 e. The second kappa shape index (κ2) is 6.43. The molecule has 1 rings (SSSR count). The normalized spacial score (nSPS) is 10.9. The zero-order valence-electron chi connectivity index (χ0n) is 8.53. The molecule has 4 heteroatoms. The number of halogens is 1. The molecule has 0 bridgehead atoms. The van der Waals surface area contributed by atoms with Crippen molar-refractivity contribution in [3.8, 4) is 0 Å². The van der Waals surface area contributed by atoms with Gasteiger partial charge in [0.15, 0.2) is 0 Å². The minimum Gasteiger partial charge on any atom is -0.309 e. The van der Waals surface area contributed by atoms with Crippen molar-refractivity contribution in [1.29, 1.82) is 0 Å². The highest BCUT2D eigenvalue weighted by atomic mass is 79.9. The zero-order chi connectivity index (χ0) is 10.4. The van der Waals surface area contributed by atoms with Gasteiger partial charge in [-0.15, -0.1) is 0 Å². The van der Waals surface area contributed by atoms with Crippen LogP contribution in [0, 0.1) is 0 Å². The van der Waals surface area contributed by atoms with Crippen molar-refractivity contribution in [2.45, 2.75) is 5.75 Å². The van der Waals surface area contributed by atoms with E-state index in [0.717, 1.165) is 28.2 Å². The van der Waals surface area contributed by atoms with Crippen LogP contribution in [0.25, 0.3) is 0 Å². The summed E-state index contributed by atoms with van der Waals surface area (Å²) in [6, 6.07) is 4.10. The predicted octanol–water partition coefficient (Wildman–Crippen LogP) is 2.64. The second-order valence-corrected chi connectivity index (χ2v) is 5.34. The Balaban J connectivity index is 2.21. The van der Waals surface area contributed by atoms with Crippen LogP contribution in [0.3, 0.4) is 0 Å². The fourth-order valence-electron chi connectivity index (χ4n) is 0.916. The molecule has 0 spiro atoms. The fourth-order valence-corrected chi connectivity index (χ4v) is 2.17. The van der Waals surface area contributed by atoms with E-state index in [1.165, 1.54) is 0 Å². The molecule has 0 aromatic carbocycles. The molecular formula is C10H15BrN2S. The summed E-state index contributed by atoms with van der Waals surface area (Å²) in [4.78, 5) is 6.51. The van der Waals surface area contributed by atoms with E-state index in [0.29, 0.717) is 0 Å². The van der Waals surface area contributed by atoms with Crippen LogP contribution in [0.5, 0.6) is 0 Å². The maximum atomic E-state index is 4.31. The van der Waals surface area contributed by atoms with Gasteiger partial charge >= 0.3 is 0 Å². The molecule has 0 saturated heterocycles. The van der Waals surface area contributed by atoms with Gasteiger partial charge in [-0.25, -0.2) is 0 Å². The third-order valence-electron chi connectivity index (χ3n) is 1.72. The van der Waals surface area contributed by atoms with E-state index in [2.05, 4.69) is 46.0 Å². The summed E-state index contributed by atoms with van der Waals surface area (Å²) in [6.45, 7) is 1.13. The molecule has 0 radical (unpaired) electrons. The second-order valence-electron chi connectivity index (χ2n) is 3.32. The molecule has 0 N–H and O–H groups in total. The highest BCUT2D eigenvalue weighted by Crippen LogP contribution is 2.12. The van der Waals surface area contributed by atoms with Crippen LogP contribution in [0.2, 0.25) is 0 Å². The number of aromatic nitrogens is 1. The van der Waals surface area contributed by atoms with E-state index in [1.807, 2.05) is 24.0 Å². The molecule has 0 amide bonds. The zero-order valence-corrected chi connectivity index (χ0v) is 10.9. The average molecular weight is 275 g/mol. The van der Waals surface area contributed by atoms with Gasteiger partial charge in [0.1, 0.15) is 0 Å². The van der Waals surface area contributed by atoms with E-state index in [-0.39, 0.29) is 0 Å². The lowest BCUT2D eigenvalue weighted by atomic mass is 10.4.